The Morgan fingerprint density at radius 2 is 1.97 bits per heavy atom. The molecule has 10 heteroatoms. The molecule has 0 unspecified atom stereocenters. The van der Waals surface area contributed by atoms with Gasteiger partial charge in [-0.1, -0.05) is 18.2 Å². The third-order valence-corrected chi connectivity index (χ3v) is 7.43. The second-order valence-electron chi connectivity index (χ2n) is 8.82. The predicted octanol–water partition coefficient (Wildman–Crippen LogP) is 2.68. The second kappa shape index (κ2) is 10.1. The number of amides is 2. The van der Waals surface area contributed by atoms with E-state index < -0.39 is 14.3 Å². The van der Waals surface area contributed by atoms with Crippen LogP contribution in [0.1, 0.15) is 13.3 Å². The third kappa shape index (κ3) is 5.73. The standard InChI is InChI=1S/C22H30N2O6SSi/c1-14(30-32(2,3)4)19-16-12-17(20(22(27)28)24(16)21(19)26)31-11-10-23-18(25)13-29-15-8-6-5-7-9-15/h5-9,14,16,19H,10-13H2,1-4H3,(H,23,25)(H,27,28)/t14-,16+,19-/m0/s1. The van der Waals surface area contributed by atoms with Crippen LogP contribution >= 0.6 is 11.8 Å². The van der Waals surface area contributed by atoms with E-state index in [0.29, 0.717) is 29.4 Å². The molecule has 2 N–H and O–H groups in total. The quantitative estimate of drug-likeness (QED) is 0.286. The molecule has 1 fully saturated rings. The third-order valence-electron chi connectivity index (χ3n) is 5.23. The van der Waals surface area contributed by atoms with Crippen LogP contribution in [-0.2, 0) is 18.8 Å². The van der Waals surface area contributed by atoms with Gasteiger partial charge in [0.05, 0.1) is 18.1 Å². The van der Waals surface area contributed by atoms with Crippen molar-refractivity contribution in [3.05, 3.63) is 40.9 Å². The summed E-state index contributed by atoms with van der Waals surface area (Å²) in [4.78, 5) is 38.6. The number of thioether (sulfide) groups is 1. The lowest BCUT2D eigenvalue weighted by atomic mass is 9.83. The van der Waals surface area contributed by atoms with Gasteiger partial charge in [0.1, 0.15) is 11.4 Å². The lowest BCUT2D eigenvalue weighted by molar-refractivity contribution is -0.160. The number of carbonyl (C=O) groups excluding carboxylic acids is 2. The predicted molar refractivity (Wildman–Crippen MR) is 125 cm³/mol. The highest BCUT2D eigenvalue weighted by atomic mass is 32.2. The van der Waals surface area contributed by atoms with Crippen molar-refractivity contribution in [3.8, 4) is 5.75 Å². The van der Waals surface area contributed by atoms with E-state index >= 15 is 0 Å². The normalized spacial score (nSPS) is 21.1. The zero-order chi connectivity index (χ0) is 23.5. The van der Waals surface area contributed by atoms with Crippen molar-refractivity contribution in [2.24, 2.45) is 5.92 Å². The molecule has 0 saturated carbocycles. The number of carbonyl (C=O) groups is 3. The Morgan fingerprint density at radius 1 is 1.28 bits per heavy atom. The topological polar surface area (TPSA) is 105 Å². The molecule has 8 nitrogen and oxygen atoms in total. The number of benzene rings is 1. The number of aliphatic carboxylic acids is 1. The average molecular weight is 479 g/mol. The van der Waals surface area contributed by atoms with Crippen LogP contribution in [-0.4, -0.2) is 67.2 Å². The second-order valence-corrected chi connectivity index (χ2v) is 14.5. The maximum absolute atomic E-state index is 12.7. The summed E-state index contributed by atoms with van der Waals surface area (Å²) in [6.07, 6.45) is 0.270. The zero-order valence-electron chi connectivity index (χ0n) is 18.8. The molecule has 0 aromatic heterocycles. The number of nitrogens with one attached hydrogen (secondary N) is 1. The molecule has 1 saturated heterocycles. The van der Waals surface area contributed by atoms with Crippen molar-refractivity contribution < 1.29 is 28.7 Å². The lowest BCUT2D eigenvalue weighted by Crippen LogP contribution is -2.63. The Hall–Kier alpha value is -2.30. The van der Waals surface area contributed by atoms with Gasteiger partial charge in [-0.2, -0.15) is 0 Å². The van der Waals surface area contributed by atoms with Gasteiger partial charge in [0.25, 0.3) is 5.91 Å². The molecular formula is C22H30N2O6SSi. The Labute approximate surface area is 193 Å². The van der Waals surface area contributed by atoms with Crippen LogP contribution in [0.5, 0.6) is 5.75 Å². The van der Waals surface area contributed by atoms with Crippen LogP contribution < -0.4 is 10.1 Å². The molecule has 0 bridgehead atoms. The van der Waals surface area contributed by atoms with Crippen molar-refractivity contribution >= 4 is 37.9 Å². The highest BCUT2D eigenvalue weighted by Crippen LogP contribution is 2.47. The molecule has 1 aromatic carbocycles. The van der Waals surface area contributed by atoms with Crippen molar-refractivity contribution in [2.75, 3.05) is 18.9 Å². The van der Waals surface area contributed by atoms with Crippen LogP contribution in [0.3, 0.4) is 0 Å². The molecule has 2 aliphatic heterocycles. The van der Waals surface area contributed by atoms with Crippen LogP contribution in [0.15, 0.2) is 40.9 Å². The Kier molecular flexibility index (Phi) is 7.68. The van der Waals surface area contributed by atoms with E-state index in [1.54, 1.807) is 12.1 Å². The van der Waals surface area contributed by atoms with Gasteiger partial charge in [0.15, 0.2) is 14.9 Å². The monoisotopic (exact) mass is 478 g/mol. The summed E-state index contributed by atoms with van der Waals surface area (Å²) in [6, 6.07) is 8.90. The minimum atomic E-state index is -1.82. The molecule has 1 aromatic rings. The van der Waals surface area contributed by atoms with E-state index in [1.165, 1.54) is 16.7 Å². The fourth-order valence-electron chi connectivity index (χ4n) is 4.06. The zero-order valence-corrected chi connectivity index (χ0v) is 20.6. The maximum Gasteiger partial charge on any atom is 0.353 e. The van der Waals surface area contributed by atoms with Crippen LogP contribution in [0.4, 0.5) is 0 Å². The van der Waals surface area contributed by atoms with Gasteiger partial charge in [-0.25, -0.2) is 4.79 Å². The lowest BCUT2D eigenvalue weighted by Gasteiger charge is -2.46. The number of fused-ring (bicyclic) bond motifs is 1. The highest BCUT2D eigenvalue weighted by molar-refractivity contribution is 8.03. The first-order valence-corrected chi connectivity index (χ1v) is 15.0. The summed E-state index contributed by atoms with van der Waals surface area (Å²) in [7, 11) is -1.82. The highest BCUT2D eigenvalue weighted by Gasteiger charge is 2.57. The summed E-state index contributed by atoms with van der Waals surface area (Å²) in [5, 5.41) is 12.5. The molecule has 2 aliphatic rings. The van der Waals surface area contributed by atoms with Gasteiger partial charge in [0.2, 0.25) is 5.91 Å². The first-order chi connectivity index (χ1) is 15.1. The van der Waals surface area contributed by atoms with Crippen molar-refractivity contribution in [1.82, 2.24) is 10.2 Å². The van der Waals surface area contributed by atoms with Gasteiger partial charge < -0.3 is 24.5 Å². The largest absolute Gasteiger partial charge is 0.484 e. The van der Waals surface area contributed by atoms with Crippen molar-refractivity contribution in [2.45, 2.75) is 45.1 Å². The molecule has 3 atom stereocenters. The van der Waals surface area contributed by atoms with Gasteiger partial charge in [-0.05, 0) is 38.7 Å². The number of rotatable bonds is 11. The Balaban J connectivity index is 1.49. The van der Waals surface area contributed by atoms with Crippen LogP contribution in [0.2, 0.25) is 19.6 Å². The first kappa shape index (κ1) is 24.3. The number of nitrogens with zero attached hydrogens (tertiary/aromatic N) is 1. The number of carboxylic acid groups (broad SMARTS) is 1. The summed E-state index contributed by atoms with van der Waals surface area (Å²) in [5.41, 5.74) is 0.0696. The Bertz CT molecular complexity index is 901. The summed E-state index contributed by atoms with van der Waals surface area (Å²) >= 11 is 1.37. The van der Waals surface area contributed by atoms with Crippen LogP contribution in [0.25, 0.3) is 0 Å². The number of para-hydroxylation sites is 1. The molecule has 32 heavy (non-hydrogen) atoms. The molecule has 0 aliphatic carbocycles. The summed E-state index contributed by atoms with van der Waals surface area (Å²) in [6.45, 7) is 8.39. The van der Waals surface area contributed by atoms with E-state index in [4.69, 9.17) is 9.16 Å². The summed E-state index contributed by atoms with van der Waals surface area (Å²) < 4.78 is 11.5. The van der Waals surface area contributed by atoms with E-state index in [9.17, 15) is 19.5 Å². The van der Waals surface area contributed by atoms with E-state index in [2.05, 4.69) is 25.0 Å². The number of ether oxygens (including phenoxy) is 1. The smallest absolute Gasteiger partial charge is 0.353 e. The Morgan fingerprint density at radius 3 is 2.59 bits per heavy atom. The van der Waals surface area contributed by atoms with Crippen molar-refractivity contribution in [1.29, 1.82) is 0 Å². The summed E-state index contributed by atoms with van der Waals surface area (Å²) in [5.74, 6) is -0.714. The van der Waals surface area contributed by atoms with E-state index in [-0.39, 0.29) is 42.2 Å². The molecular weight excluding hydrogens is 448 g/mol. The van der Waals surface area contributed by atoms with Crippen molar-refractivity contribution in [3.63, 3.8) is 0 Å². The van der Waals surface area contributed by atoms with Gasteiger partial charge in [0, 0.05) is 23.6 Å². The number of β-lactam (4-membered cyclic amide) rings is 1. The first-order valence-electron chi connectivity index (χ1n) is 10.6. The maximum atomic E-state index is 12.7. The fourth-order valence-corrected chi connectivity index (χ4v) is 6.38. The van der Waals surface area contributed by atoms with E-state index in [1.807, 2.05) is 25.1 Å². The minimum absolute atomic E-state index is 0.0696. The van der Waals surface area contributed by atoms with Gasteiger partial charge >= 0.3 is 5.97 Å². The molecule has 0 radical (unpaired) electrons. The minimum Gasteiger partial charge on any atom is -0.484 e. The fraction of sp³-hybridized carbons (Fsp3) is 0.500. The molecule has 174 valence electrons. The number of hydrogen-bond acceptors (Lipinski definition) is 6. The molecule has 3 rings (SSSR count). The number of hydrogen-bond donors (Lipinski definition) is 2. The van der Waals surface area contributed by atoms with E-state index in [0.717, 1.165) is 0 Å². The molecule has 2 heterocycles. The van der Waals surface area contributed by atoms with Gasteiger partial charge in [-0.3, -0.25) is 9.59 Å². The molecule has 0 spiro atoms. The molecule has 2 amide bonds. The average Bonchev–Trinajstić information content (AvgIpc) is 3.03. The van der Waals surface area contributed by atoms with Gasteiger partial charge in [-0.15, -0.1) is 11.8 Å². The van der Waals surface area contributed by atoms with Crippen LogP contribution in [0, 0.1) is 5.92 Å². The number of carboxylic acids is 1. The SMILES string of the molecule is C[C@H](O[Si](C)(C)C)[C@@H]1C(=O)N2C(C(=O)O)=C(SCCNC(=O)COc3ccccc3)C[C@H]12.